The van der Waals surface area contributed by atoms with Crippen molar-refractivity contribution < 1.29 is 22.3 Å². The first kappa shape index (κ1) is 13.1. The van der Waals surface area contributed by atoms with Gasteiger partial charge in [-0.15, -0.1) is 0 Å². The number of ether oxygens (including phenoxy) is 1. The van der Waals surface area contributed by atoms with Crippen LogP contribution in [0.1, 0.15) is 5.56 Å². The van der Waals surface area contributed by atoms with Crippen LogP contribution in [0.4, 0.5) is 23.5 Å². The summed E-state index contributed by atoms with van der Waals surface area (Å²) in [7, 11) is 0. The Kier molecular flexibility index (Phi) is 3.24. The molecule has 0 amide bonds. The van der Waals surface area contributed by atoms with Crippen LogP contribution in [0, 0.1) is 5.82 Å². The molecule has 1 heterocycles. The van der Waals surface area contributed by atoms with E-state index in [-0.39, 0.29) is 5.95 Å². The average Bonchev–Trinajstić information content (AvgIpc) is 2.33. The molecule has 2 rings (SSSR count). The van der Waals surface area contributed by atoms with Crippen LogP contribution in [0.2, 0.25) is 0 Å². The van der Waals surface area contributed by atoms with Crippen LogP contribution < -0.4 is 10.5 Å². The second kappa shape index (κ2) is 4.71. The minimum Gasteiger partial charge on any atom is -0.436 e. The second-order valence-electron chi connectivity index (χ2n) is 3.48. The van der Waals surface area contributed by atoms with Gasteiger partial charge in [0, 0.05) is 0 Å². The van der Waals surface area contributed by atoms with E-state index in [0.29, 0.717) is 6.20 Å². The van der Waals surface area contributed by atoms with Gasteiger partial charge in [0.25, 0.3) is 5.88 Å². The molecule has 0 fully saturated rings. The normalized spacial score (nSPS) is 11.4. The van der Waals surface area contributed by atoms with Crippen LogP contribution in [-0.4, -0.2) is 9.97 Å². The SMILES string of the molecule is Nc1ncc(F)c(Oc2ccccc2C(F)(F)F)n1. The first-order chi connectivity index (χ1) is 8.88. The highest BCUT2D eigenvalue weighted by Crippen LogP contribution is 2.37. The molecule has 4 nitrogen and oxygen atoms in total. The van der Waals surface area contributed by atoms with Crippen LogP contribution in [0.25, 0.3) is 0 Å². The summed E-state index contributed by atoms with van der Waals surface area (Å²) in [6, 6.07) is 4.39. The fourth-order valence-electron chi connectivity index (χ4n) is 1.33. The van der Waals surface area contributed by atoms with Crippen molar-refractivity contribution in [3.63, 3.8) is 0 Å². The average molecular weight is 273 g/mol. The number of hydrogen-bond acceptors (Lipinski definition) is 4. The molecule has 1 aromatic heterocycles. The Morgan fingerprint density at radius 2 is 1.84 bits per heavy atom. The van der Waals surface area contributed by atoms with Crippen LogP contribution in [0.5, 0.6) is 11.6 Å². The molecule has 0 atom stereocenters. The highest BCUT2D eigenvalue weighted by Gasteiger charge is 2.34. The van der Waals surface area contributed by atoms with E-state index >= 15 is 0 Å². The Morgan fingerprint density at radius 3 is 2.53 bits per heavy atom. The molecule has 0 aliphatic rings. The molecule has 0 aliphatic carbocycles. The summed E-state index contributed by atoms with van der Waals surface area (Å²) in [5.74, 6) is -2.54. The Balaban J connectivity index is 2.41. The predicted molar refractivity (Wildman–Crippen MR) is 57.9 cm³/mol. The van der Waals surface area contributed by atoms with Gasteiger partial charge in [0.15, 0.2) is 0 Å². The summed E-state index contributed by atoms with van der Waals surface area (Å²) in [6.45, 7) is 0. The number of halogens is 4. The van der Waals surface area contributed by atoms with Gasteiger partial charge in [-0.1, -0.05) is 12.1 Å². The molecule has 100 valence electrons. The number of nitrogens with zero attached hydrogens (tertiary/aromatic N) is 2. The van der Waals surface area contributed by atoms with E-state index in [1.165, 1.54) is 12.1 Å². The number of anilines is 1. The Bertz CT molecular complexity index is 601. The van der Waals surface area contributed by atoms with E-state index in [1.807, 2.05) is 0 Å². The van der Waals surface area contributed by atoms with Crippen molar-refractivity contribution in [2.75, 3.05) is 5.73 Å². The summed E-state index contributed by atoms with van der Waals surface area (Å²) < 4.78 is 56.2. The third-order valence-corrected chi connectivity index (χ3v) is 2.13. The zero-order valence-electron chi connectivity index (χ0n) is 9.28. The Hall–Kier alpha value is -2.38. The van der Waals surface area contributed by atoms with Crippen LogP contribution in [-0.2, 0) is 6.18 Å². The lowest BCUT2D eigenvalue weighted by Gasteiger charge is -2.13. The van der Waals surface area contributed by atoms with Gasteiger partial charge in [-0.25, -0.2) is 4.98 Å². The molecule has 0 spiro atoms. The molecule has 0 bridgehead atoms. The molecule has 0 saturated heterocycles. The summed E-state index contributed by atoms with van der Waals surface area (Å²) >= 11 is 0. The van der Waals surface area contributed by atoms with Gasteiger partial charge in [-0.3, -0.25) is 0 Å². The second-order valence-corrected chi connectivity index (χ2v) is 3.48. The predicted octanol–water partition coefficient (Wildman–Crippen LogP) is 3.01. The van der Waals surface area contributed by atoms with Crippen molar-refractivity contribution in [3.8, 4) is 11.6 Å². The lowest BCUT2D eigenvalue weighted by Crippen LogP contribution is -2.08. The zero-order chi connectivity index (χ0) is 14.0. The highest BCUT2D eigenvalue weighted by atomic mass is 19.4. The minimum absolute atomic E-state index is 0.305. The number of hydrogen-bond donors (Lipinski definition) is 1. The number of nitrogens with two attached hydrogens (primary N) is 1. The van der Waals surface area contributed by atoms with Gasteiger partial charge in [-0.2, -0.15) is 22.5 Å². The smallest absolute Gasteiger partial charge is 0.419 e. The number of para-hydroxylation sites is 1. The zero-order valence-corrected chi connectivity index (χ0v) is 9.28. The molecule has 8 heteroatoms. The van der Waals surface area contributed by atoms with E-state index in [4.69, 9.17) is 10.5 Å². The molecule has 0 radical (unpaired) electrons. The largest absolute Gasteiger partial charge is 0.436 e. The quantitative estimate of drug-likeness (QED) is 0.854. The molecule has 1 aromatic carbocycles. The topological polar surface area (TPSA) is 61.0 Å². The van der Waals surface area contributed by atoms with Gasteiger partial charge in [0.05, 0.1) is 11.8 Å². The monoisotopic (exact) mass is 273 g/mol. The van der Waals surface area contributed by atoms with E-state index in [2.05, 4.69) is 9.97 Å². The lowest BCUT2D eigenvalue weighted by atomic mass is 10.2. The molecule has 19 heavy (non-hydrogen) atoms. The maximum atomic E-state index is 13.3. The summed E-state index contributed by atoms with van der Waals surface area (Å²) in [6.07, 6.45) is -3.90. The fraction of sp³-hybridized carbons (Fsp3) is 0.0909. The molecule has 2 aromatic rings. The van der Waals surface area contributed by atoms with Gasteiger partial charge in [0.2, 0.25) is 11.8 Å². The standard InChI is InChI=1S/C11H7F4N3O/c12-7-5-17-10(16)18-9(7)19-8-4-2-1-3-6(8)11(13,14)15/h1-5H,(H2,16,17,18). The molecule has 0 unspecified atom stereocenters. The van der Waals surface area contributed by atoms with Gasteiger partial charge < -0.3 is 10.5 Å². The highest BCUT2D eigenvalue weighted by molar-refractivity contribution is 5.38. The first-order valence-corrected chi connectivity index (χ1v) is 5.00. The number of rotatable bonds is 2. The van der Waals surface area contributed by atoms with Crippen molar-refractivity contribution in [1.82, 2.24) is 9.97 Å². The number of nitrogen functional groups attached to an aromatic ring is 1. The Morgan fingerprint density at radius 1 is 1.16 bits per heavy atom. The fourth-order valence-corrected chi connectivity index (χ4v) is 1.33. The number of alkyl halides is 3. The third kappa shape index (κ3) is 2.90. The molecule has 0 aliphatic heterocycles. The number of aromatic nitrogens is 2. The van der Waals surface area contributed by atoms with Crippen molar-refractivity contribution >= 4 is 5.95 Å². The van der Waals surface area contributed by atoms with Crippen LogP contribution >= 0.6 is 0 Å². The van der Waals surface area contributed by atoms with E-state index in [0.717, 1.165) is 12.1 Å². The molecule has 0 saturated carbocycles. The summed E-state index contributed by atoms with van der Waals surface area (Å²) in [4.78, 5) is 6.73. The van der Waals surface area contributed by atoms with Crippen molar-refractivity contribution in [2.45, 2.75) is 6.18 Å². The maximum absolute atomic E-state index is 13.3. The van der Waals surface area contributed by atoms with Crippen LogP contribution in [0.15, 0.2) is 30.5 Å². The first-order valence-electron chi connectivity index (χ1n) is 5.00. The molecule has 2 N–H and O–H groups in total. The maximum Gasteiger partial charge on any atom is 0.419 e. The minimum atomic E-state index is -4.62. The van der Waals surface area contributed by atoms with E-state index in [9.17, 15) is 17.6 Å². The van der Waals surface area contributed by atoms with Gasteiger partial charge in [-0.05, 0) is 12.1 Å². The lowest BCUT2D eigenvalue weighted by molar-refractivity contribution is -0.138. The van der Waals surface area contributed by atoms with Crippen molar-refractivity contribution in [3.05, 3.63) is 41.8 Å². The third-order valence-electron chi connectivity index (χ3n) is 2.13. The van der Waals surface area contributed by atoms with Crippen molar-refractivity contribution in [2.24, 2.45) is 0 Å². The summed E-state index contributed by atoms with van der Waals surface area (Å²) in [5.41, 5.74) is 4.18. The van der Waals surface area contributed by atoms with Gasteiger partial charge >= 0.3 is 6.18 Å². The van der Waals surface area contributed by atoms with E-state index in [1.54, 1.807) is 0 Å². The van der Waals surface area contributed by atoms with Crippen LogP contribution in [0.3, 0.4) is 0 Å². The van der Waals surface area contributed by atoms with E-state index < -0.39 is 29.2 Å². The molecular formula is C11H7F4N3O. The Labute approximate surface area is 104 Å². The molecular weight excluding hydrogens is 266 g/mol. The number of benzene rings is 1. The van der Waals surface area contributed by atoms with Gasteiger partial charge in [0.1, 0.15) is 5.75 Å². The summed E-state index contributed by atoms with van der Waals surface area (Å²) in [5, 5.41) is 0. The van der Waals surface area contributed by atoms with Crippen molar-refractivity contribution in [1.29, 1.82) is 0 Å².